The summed E-state index contributed by atoms with van der Waals surface area (Å²) in [6, 6.07) is -0.494. The van der Waals surface area contributed by atoms with Gasteiger partial charge in [0.25, 0.3) is 0 Å². The van der Waals surface area contributed by atoms with Crippen LogP contribution in [0.1, 0.15) is 0 Å². The Kier molecular flexibility index (Phi) is 1.40. The van der Waals surface area contributed by atoms with E-state index in [0.29, 0.717) is 0 Å². The molecule has 2 amide bonds. The van der Waals surface area contributed by atoms with Gasteiger partial charge in [0, 0.05) is 11.6 Å². The number of hydrogen-bond acceptors (Lipinski definition) is 3. The summed E-state index contributed by atoms with van der Waals surface area (Å²) in [6.07, 6.45) is 1.56. The van der Waals surface area contributed by atoms with Crippen molar-refractivity contribution in [2.75, 3.05) is 0 Å². The zero-order valence-corrected chi connectivity index (χ0v) is 4.81. The van der Waals surface area contributed by atoms with Crippen molar-refractivity contribution >= 4 is 18.0 Å². The van der Waals surface area contributed by atoms with E-state index in [0.717, 1.165) is 0 Å². The summed E-state index contributed by atoms with van der Waals surface area (Å²) in [6.45, 7) is 0. The summed E-state index contributed by atoms with van der Waals surface area (Å²) in [7, 11) is 0. The quantitative estimate of drug-likeness (QED) is 0.455. The molecule has 1 aliphatic heterocycles. The highest BCUT2D eigenvalue weighted by Gasteiger charge is 2.07. The topological polar surface area (TPSA) is 58.4 Å². The van der Waals surface area contributed by atoms with Crippen molar-refractivity contribution in [2.45, 2.75) is 0 Å². The molecule has 0 aromatic heterocycles. The number of hydrogen-bond donors (Lipinski definition) is 2. The zero-order chi connectivity index (χ0) is 5.98. The van der Waals surface area contributed by atoms with E-state index in [1.807, 2.05) is 0 Å². The normalized spacial score (nSPS) is 17.2. The molecule has 0 radical (unpaired) electrons. The van der Waals surface area contributed by atoms with Crippen LogP contribution in [0, 0.1) is 0 Å². The molecule has 4 nitrogen and oxygen atoms in total. The number of nitrogens with two attached hydrogens (primary N) is 1. The molecule has 3 N–H and O–H groups in total. The van der Waals surface area contributed by atoms with E-state index in [1.165, 1.54) is 17.0 Å². The van der Waals surface area contributed by atoms with E-state index in [-0.39, 0.29) is 0 Å². The Morgan fingerprint density at radius 3 is 2.88 bits per heavy atom. The van der Waals surface area contributed by atoms with Crippen LogP contribution in [0.15, 0.2) is 11.6 Å². The van der Waals surface area contributed by atoms with E-state index < -0.39 is 6.03 Å². The fourth-order valence-electron chi connectivity index (χ4n) is 0.327. The van der Waals surface area contributed by atoms with Gasteiger partial charge in [-0.25, -0.2) is 9.80 Å². The van der Waals surface area contributed by atoms with Gasteiger partial charge in [-0.05, 0) is 11.9 Å². The first-order valence-corrected chi connectivity index (χ1v) is 2.85. The van der Waals surface area contributed by atoms with Gasteiger partial charge in [0.05, 0.1) is 0 Å². The zero-order valence-electron chi connectivity index (χ0n) is 4.00. The second kappa shape index (κ2) is 2.06. The highest BCUT2D eigenvalue weighted by atomic mass is 32.2. The van der Waals surface area contributed by atoms with Crippen molar-refractivity contribution in [3.8, 4) is 0 Å². The second-order valence-electron chi connectivity index (χ2n) is 1.20. The monoisotopic (exact) mass is 131 g/mol. The van der Waals surface area contributed by atoms with Gasteiger partial charge in [-0.15, -0.1) is 0 Å². The fourth-order valence-corrected chi connectivity index (χ4v) is 0.835. The number of urea groups is 1. The molecule has 0 atom stereocenters. The number of carbonyl (C=O) groups is 1. The predicted octanol–water partition coefficient (Wildman–Crippen LogP) is 0.00470. The van der Waals surface area contributed by atoms with Gasteiger partial charge < -0.3 is 5.73 Å². The van der Waals surface area contributed by atoms with Crippen LogP contribution in [0.25, 0.3) is 0 Å². The Balaban J connectivity index is 2.48. The standard InChI is InChI=1S/C3H5N3OS/c4-3(7)6-1-2-8-5-6/h1-2,5H,(H2,4,7). The number of nitrogens with one attached hydrogen (secondary N) is 1. The molecule has 0 fully saturated rings. The molecule has 0 aromatic carbocycles. The van der Waals surface area contributed by atoms with Gasteiger partial charge in [0.15, 0.2) is 0 Å². The maximum atomic E-state index is 10.2. The first-order chi connectivity index (χ1) is 3.80. The highest BCUT2D eigenvalue weighted by Crippen LogP contribution is 2.06. The first-order valence-electron chi connectivity index (χ1n) is 1.97. The SMILES string of the molecule is NC(=O)N1C=CSN1. The van der Waals surface area contributed by atoms with Gasteiger partial charge in [-0.1, -0.05) is 0 Å². The summed E-state index contributed by atoms with van der Waals surface area (Å²) in [5.74, 6) is 0. The van der Waals surface area contributed by atoms with Gasteiger partial charge >= 0.3 is 6.03 Å². The Morgan fingerprint density at radius 1 is 1.88 bits per heavy atom. The minimum Gasteiger partial charge on any atom is -0.350 e. The Morgan fingerprint density at radius 2 is 2.62 bits per heavy atom. The summed E-state index contributed by atoms with van der Waals surface area (Å²) in [5.41, 5.74) is 4.86. The van der Waals surface area contributed by atoms with E-state index in [9.17, 15) is 4.79 Å². The molecule has 0 aromatic rings. The highest BCUT2D eigenvalue weighted by molar-refractivity contribution is 8.00. The molecule has 1 rings (SSSR count). The largest absolute Gasteiger partial charge is 0.350 e. The molecule has 0 unspecified atom stereocenters. The lowest BCUT2D eigenvalue weighted by atomic mass is 10.9. The molecule has 0 saturated carbocycles. The molecular formula is C3H5N3OS. The predicted molar refractivity (Wildman–Crippen MR) is 31.3 cm³/mol. The Hall–Kier alpha value is -0.680. The van der Waals surface area contributed by atoms with Gasteiger partial charge in [0.2, 0.25) is 0 Å². The molecule has 0 saturated heterocycles. The number of amides is 2. The van der Waals surface area contributed by atoms with Crippen molar-refractivity contribution in [1.29, 1.82) is 0 Å². The summed E-state index contributed by atoms with van der Waals surface area (Å²) >= 11 is 1.31. The number of hydrazine groups is 1. The van der Waals surface area contributed by atoms with E-state index in [1.54, 1.807) is 11.6 Å². The Bertz CT molecular complexity index is 134. The average Bonchev–Trinajstić information content (AvgIpc) is 2.12. The Labute approximate surface area is 50.8 Å². The number of primary amides is 1. The van der Waals surface area contributed by atoms with Crippen molar-refractivity contribution in [3.05, 3.63) is 11.6 Å². The van der Waals surface area contributed by atoms with Crippen molar-refractivity contribution < 1.29 is 4.79 Å². The van der Waals surface area contributed by atoms with Crippen molar-refractivity contribution in [3.63, 3.8) is 0 Å². The van der Waals surface area contributed by atoms with Crippen LogP contribution < -0.4 is 10.6 Å². The van der Waals surface area contributed by atoms with Crippen LogP contribution in [-0.4, -0.2) is 11.0 Å². The number of rotatable bonds is 0. The minimum atomic E-state index is -0.494. The molecule has 8 heavy (non-hydrogen) atoms. The van der Waals surface area contributed by atoms with E-state index >= 15 is 0 Å². The molecule has 0 spiro atoms. The third-order valence-corrected chi connectivity index (χ3v) is 1.23. The fraction of sp³-hybridized carbons (Fsp3) is 0. The van der Waals surface area contributed by atoms with E-state index in [2.05, 4.69) is 4.83 Å². The molecule has 1 heterocycles. The molecule has 1 aliphatic rings. The maximum absolute atomic E-state index is 10.2. The smallest absolute Gasteiger partial charge is 0.334 e. The third kappa shape index (κ3) is 0.932. The van der Waals surface area contributed by atoms with Crippen molar-refractivity contribution in [1.82, 2.24) is 9.84 Å². The van der Waals surface area contributed by atoms with Crippen LogP contribution in [0.5, 0.6) is 0 Å². The van der Waals surface area contributed by atoms with Crippen molar-refractivity contribution in [2.24, 2.45) is 5.73 Å². The molecule has 5 heteroatoms. The third-order valence-electron chi connectivity index (χ3n) is 0.666. The molecular weight excluding hydrogens is 126 g/mol. The maximum Gasteiger partial charge on any atom is 0.334 e. The minimum absolute atomic E-state index is 0.494. The summed E-state index contributed by atoms with van der Waals surface area (Å²) in [4.78, 5) is 12.8. The average molecular weight is 131 g/mol. The number of nitrogens with zero attached hydrogens (tertiary/aromatic N) is 1. The molecule has 0 bridgehead atoms. The van der Waals surface area contributed by atoms with Crippen LogP contribution in [0.2, 0.25) is 0 Å². The number of carbonyl (C=O) groups excluding carboxylic acids is 1. The van der Waals surface area contributed by atoms with E-state index in [4.69, 9.17) is 5.73 Å². The summed E-state index contributed by atoms with van der Waals surface area (Å²) < 4.78 is 0. The lowest BCUT2D eigenvalue weighted by Crippen LogP contribution is -2.35. The summed E-state index contributed by atoms with van der Waals surface area (Å²) in [5, 5.41) is 2.93. The van der Waals surface area contributed by atoms with Crippen LogP contribution in [-0.2, 0) is 0 Å². The lowest BCUT2D eigenvalue weighted by Gasteiger charge is -2.06. The van der Waals surface area contributed by atoms with Gasteiger partial charge in [-0.2, -0.15) is 4.83 Å². The van der Waals surface area contributed by atoms with Crippen LogP contribution in [0.4, 0.5) is 4.79 Å². The second-order valence-corrected chi connectivity index (χ2v) is 1.89. The van der Waals surface area contributed by atoms with Gasteiger partial charge in [0.1, 0.15) is 0 Å². The lowest BCUT2D eigenvalue weighted by molar-refractivity contribution is 0.221. The van der Waals surface area contributed by atoms with Crippen LogP contribution >= 0.6 is 11.9 Å². The van der Waals surface area contributed by atoms with Gasteiger partial charge in [-0.3, -0.25) is 0 Å². The molecule has 44 valence electrons. The first kappa shape index (κ1) is 5.46. The van der Waals surface area contributed by atoms with Crippen LogP contribution in [0.3, 0.4) is 0 Å². The molecule has 0 aliphatic carbocycles.